The van der Waals surface area contributed by atoms with Crippen LogP contribution >= 0.6 is 0 Å². The number of primary amides is 1. The number of pyridine rings is 1. The van der Waals surface area contributed by atoms with Gasteiger partial charge < -0.3 is 21.5 Å². The summed E-state index contributed by atoms with van der Waals surface area (Å²) in [6, 6.07) is 3.13. The van der Waals surface area contributed by atoms with E-state index in [1.54, 1.807) is 17.8 Å². The Morgan fingerprint density at radius 1 is 1.47 bits per heavy atom. The van der Waals surface area contributed by atoms with Crippen LogP contribution in [0, 0.1) is 0 Å². The van der Waals surface area contributed by atoms with E-state index in [2.05, 4.69) is 15.4 Å². The number of methoxy groups -OCH3 is 1. The molecule has 2 rings (SSSR count). The first-order chi connectivity index (χ1) is 9.01. The van der Waals surface area contributed by atoms with E-state index in [0.29, 0.717) is 23.2 Å². The molecule has 0 aromatic carbocycles. The molecule has 0 aliphatic heterocycles. The van der Waals surface area contributed by atoms with Crippen LogP contribution in [-0.4, -0.2) is 27.8 Å². The van der Waals surface area contributed by atoms with Gasteiger partial charge in [-0.3, -0.25) is 4.79 Å². The molecule has 5 N–H and O–H groups in total. The molecule has 19 heavy (non-hydrogen) atoms. The Morgan fingerprint density at radius 3 is 2.79 bits per heavy atom. The molecule has 0 radical (unpaired) electrons. The number of hydrogen-bond acceptors (Lipinski definition) is 6. The Hall–Kier alpha value is -2.77. The second-order valence-corrected chi connectivity index (χ2v) is 3.85. The zero-order valence-corrected chi connectivity index (χ0v) is 10.5. The second kappa shape index (κ2) is 4.84. The predicted octanol–water partition coefficient (Wildman–Crippen LogP) is 0.248. The molecule has 0 atom stereocenters. The highest BCUT2D eigenvalue weighted by atomic mass is 16.5. The van der Waals surface area contributed by atoms with Gasteiger partial charge in [-0.05, 0) is 6.07 Å². The molecule has 100 valence electrons. The summed E-state index contributed by atoms with van der Waals surface area (Å²) in [6.45, 7) is 0. The number of hydrogen-bond donors (Lipinski definition) is 3. The molecule has 2 heterocycles. The standard InChI is InChI=1S/C11H14N6O2/c1-17-9(19-2)4-8(16-17)15-11-7(10(13)18)3-6(12)5-14-11/h3-5H,12H2,1-2H3,(H2,13,18)(H,14,15,16). The van der Waals surface area contributed by atoms with Crippen molar-refractivity contribution in [2.24, 2.45) is 12.8 Å². The minimum Gasteiger partial charge on any atom is -0.481 e. The normalized spacial score (nSPS) is 10.2. The van der Waals surface area contributed by atoms with E-state index in [-0.39, 0.29) is 5.56 Å². The molecule has 1 amide bonds. The van der Waals surface area contributed by atoms with Crippen LogP contribution in [0.3, 0.4) is 0 Å². The number of anilines is 3. The van der Waals surface area contributed by atoms with Gasteiger partial charge in [0.25, 0.3) is 5.91 Å². The Bertz CT molecular complexity index is 622. The first-order valence-electron chi connectivity index (χ1n) is 5.41. The molecule has 0 fully saturated rings. The number of rotatable bonds is 4. The molecule has 0 aliphatic rings. The molecule has 0 saturated carbocycles. The average Bonchev–Trinajstić information content (AvgIpc) is 2.71. The van der Waals surface area contributed by atoms with E-state index in [1.807, 2.05) is 0 Å². The lowest BCUT2D eigenvalue weighted by molar-refractivity contribution is 0.100. The Labute approximate surface area is 109 Å². The van der Waals surface area contributed by atoms with Gasteiger partial charge in [0, 0.05) is 13.1 Å². The third kappa shape index (κ3) is 2.57. The van der Waals surface area contributed by atoms with Crippen molar-refractivity contribution in [3.63, 3.8) is 0 Å². The molecule has 0 aliphatic carbocycles. The summed E-state index contributed by atoms with van der Waals surface area (Å²) in [5.74, 6) is 0.727. The Kier molecular flexibility index (Phi) is 3.23. The minimum absolute atomic E-state index is 0.199. The number of carbonyl (C=O) groups excluding carboxylic acids is 1. The van der Waals surface area contributed by atoms with Gasteiger partial charge in [0.1, 0.15) is 5.82 Å². The number of amides is 1. The monoisotopic (exact) mass is 262 g/mol. The van der Waals surface area contributed by atoms with E-state index in [9.17, 15) is 4.79 Å². The molecular formula is C11H14N6O2. The van der Waals surface area contributed by atoms with E-state index in [0.717, 1.165) is 0 Å². The summed E-state index contributed by atoms with van der Waals surface area (Å²) in [5, 5.41) is 7.05. The van der Waals surface area contributed by atoms with E-state index in [4.69, 9.17) is 16.2 Å². The van der Waals surface area contributed by atoms with E-state index < -0.39 is 5.91 Å². The van der Waals surface area contributed by atoms with Crippen LogP contribution in [0.15, 0.2) is 18.3 Å². The molecule has 2 aromatic heterocycles. The molecule has 0 bridgehead atoms. The Balaban J connectivity index is 2.34. The van der Waals surface area contributed by atoms with Crippen LogP contribution in [-0.2, 0) is 7.05 Å². The maximum absolute atomic E-state index is 11.3. The largest absolute Gasteiger partial charge is 0.481 e. The van der Waals surface area contributed by atoms with Crippen molar-refractivity contribution in [3.8, 4) is 5.88 Å². The highest BCUT2D eigenvalue weighted by Crippen LogP contribution is 2.22. The average molecular weight is 262 g/mol. The van der Waals surface area contributed by atoms with Crippen molar-refractivity contribution >= 4 is 23.2 Å². The lowest BCUT2D eigenvalue weighted by Crippen LogP contribution is -2.15. The number of carbonyl (C=O) groups is 1. The van der Waals surface area contributed by atoms with E-state index >= 15 is 0 Å². The predicted molar refractivity (Wildman–Crippen MR) is 70.2 cm³/mol. The van der Waals surface area contributed by atoms with Crippen LogP contribution in [0.5, 0.6) is 5.88 Å². The van der Waals surface area contributed by atoms with Gasteiger partial charge in [-0.1, -0.05) is 0 Å². The van der Waals surface area contributed by atoms with Gasteiger partial charge in [-0.15, -0.1) is 0 Å². The summed E-state index contributed by atoms with van der Waals surface area (Å²) < 4.78 is 6.63. The number of ether oxygens (including phenoxy) is 1. The number of aromatic nitrogens is 3. The highest BCUT2D eigenvalue weighted by Gasteiger charge is 2.13. The Morgan fingerprint density at radius 2 is 2.21 bits per heavy atom. The fourth-order valence-corrected chi connectivity index (χ4v) is 1.59. The lowest BCUT2D eigenvalue weighted by atomic mass is 10.2. The number of nitrogens with zero attached hydrogens (tertiary/aromatic N) is 3. The van der Waals surface area contributed by atoms with E-state index in [1.165, 1.54) is 19.4 Å². The molecule has 0 unspecified atom stereocenters. The molecule has 0 spiro atoms. The van der Waals surface area contributed by atoms with Gasteiger partial charge in [-0.25, -0.2) is 9.67 Å². The minimum atomic E-state index is -0.620. The fourth-order valence-electron chi connectivity index (χ4n) is 1.59. The maximum atomic E-state index is 11.3. The third-order valence-corrected chi connectivity index (χ3v) is 2.47. The number of aryl methyl sites for hydroxylation is 1. The molecule has 2 aromatic rings. The van der Waals surface area contributed by atoms with Crippen molar-refractivity contribution in [2.75, 3.05) is 18.2 Å². The first-order valence-corrected chi connectivity index (χ1v) is 5.41. The highest BCUT2D eigenvalue weighted by molar-refractivity contribution is 5.98. The van der Waals surface area contributed by atoms with Crippen molar-refractivity contribution < 1.29 is 9.53 Å². The van der Waals surface area contributed by atoms with Crippen molar-refractivity contribution in [3.05, 3.63) is 23.9 Å². The number of nitrogens with two attached hydrogens (primary N) is 2. The summed E-state index contributed by atoms with van der Waals surface area (Å²) >= 11 is 0. The second-order valence-electron chi connectivity index (χ2n) is 3.85. The SMILES string of the molecule is COc1cc(Nc2ncc(N)cc2C(N)=O)nn1C. The van der Waals surface area contributed by atoms with Gasteiger partial charge >= 0.3 is 0 Å². The van der Waals surface area contributed by atoms with Crippen molar-refractivity contribution in [1.82, 2.24) is 14.8 Å². The quantitative estimate of drug-likeness (QED) is 0.726. The van der Waals surface area contributed by atoms with Crippen molar-refractivity contribution in [1.29, 1.82) is 0 Å². The van der Waals surface area contributed by atoms with Crippen molar-refractivity contribution in [2.45, 2.75) is 0 Å². The zero-order chi connectivity index (χ0) is 14.0. The van der Waals surface area contributed by atoms with Gasteiger partial charge in [0.05, 0.1) is 24.6 Å². The van der Waals surface area contributed by atoms with Gasteiger partial charge in [0.15, 0.2) is 5.82 Å². The number of nitrogens with one attached hydrogen (secondary N) is 1. The van der Waals surface area contributed by atoms with Gasteiger partial charge in [0.2, 0.25) is 5.88 Å². The van der Waals surface area contributed by atoms with Gasteiger partial charge in [-0.2, -0.15) is 5.10 Å². The zero-order valence-electron chi connectivity index (χ0n) is 10.5. The number of nitrogen functional groups attached to an aromatic ring is 1. The molecule has 0 saturated heterocycles. The maximum Gasteiger partial charge on any atom is 0.252 e. The fraction of sp³-hybridized carbons (Fsp3) is 0.182. The first kappa shape index (κ1) is 12.7. The van der Waals surface area contributed by atoms with Crippen LogP contribution in [0.4, 0.5) is 17.3 Å². The third-order valence-electron chi connectivity index (χ3n) is 2.47. The summed E-state index contributed by atoms with van der Waals surface area (Å²) in [5.41, 5.74) is 11.4. The van der Waals surface area contributed by atoms with Crippen LogP contribution in [0.2, 0.25) is 0 Å². The summed E-state index contributed by atoms with van der Waals surface area (Å²) in [6.07, 6.45) is 1.43. The topological polar surface area (TPSA) is 121 Å². The van der Waals surface area contributed by atoms with Crippen LogP contribution in [0.25, 0.3) is 0 Å². The summed E-state index contributed by atoms with van der Waals surface area (Å²) in [4.78, 5) is 15.4. The molecule has 8 heteroatoms. The van der Waals surface area contributed by atoms with Crippen LogP contribution < -0.4 is 21.5 Å². The smallest absolute Gasteiger partial charge is 0.252 e. The lowest BCUT2D eigenvalue weighted by Gasteiger charge is -2.06. The van der Waals surface area contributed by atoms with Crippen LogP contribution in [0.1, 0.15) is 10.4 Å². The molecule has 8 nitrogen and oxygen atoms in total. The molecular weight excluding hydrogens is 248 g/mol. The summed E-state index contributed by atoms with van der Waals surface area (Å²) in [7, 11) is 3.27.